The van der Waals surface area contributed by atoms with Gasteiger partial charge in [-0.05, 0) is 58.4 Å². The van der Waals surface area contributed by atoms with Crippen molar-refractivity contribution in [1.82, 2.24) is 5.32 Å². The van der Waals surface area contributed by atoms with Crippen LogP contribution in [0.15, 0.2) is 71.7 Å². The van der Waals surface area contributed by atoms with Gasteiger partial charge in [-0.15, -0.1) is 0 Å². The lowest BCUT2D eigenvalue weighted by Crippen LogP contribution is -2.36. The first kappa shape index (κ1) is 21.3. The second kappa shape index (κ2) is 9.03. The molecule has 162 valence electrons. The van der Waals surface area contributed by atoms with Crippen molar-refractivity contribution in [2.45, 2.75) is 25.4 Å². The van der Waals surface area contributed by atoms with Crippen LogP contribution in [0.5, 0.6) is 0 Å². The van der Waals surface area contributed by atoms with Crippen molar-refractivity contribution in [1.29, 1.82) is 0 Å². The Kier molecular flexibility index (Phi) is 6.00. The van der Waals surface area contributed by atoms with Gasteiger partial charge >= 0.3 is 5.97 Å². The van der Waals surface area contributed by atoms with E-state index < -0.39 is 12.0 Å². The molecule has 1 aliphatic rings. The number of carbonyl (C=O) groups is 2. The highest BCUT2D eigenvalue weighted by Crippen LogP contribution is 2.38. The first-order chi connectivity index (χ1) is 15.4. The van der Waals surface area contributed by atoms with Gasteiger partial charge in [-0.3, -0.25) is 14.9 Å². The van der Waals surface area contributed by atoms with Crippen molar-refractivity contribution < 1.29 is 14.7 Å². The van der Waals surface area contributed by atoms with Crippen molar-refractivity contribution >= 4 is 17.8 Å². The quantitative estimate of drug-likeness (QED) is 0.277. The minimum Gasteiger partial charge on any atom is -0.480 e. The second-order valence-corrected chi connectivity index (χ2v) is 7.79. The lowest BCUT2D eigenvalue weighted by molar-refractivity contribution is -0.138. The smallest absolute Gasteiger partial charge is 0.320 e. The summed E-state index contributed by atoms with van der Waals surface area (Å²) in [6.07, 6.45) is 1.09. The van der Waals surface area contributed by atoms with Crippen LogP contribution in [0.25, 0.3) is 11.1 Å². The van der Waals surface area contributed by atoms with E-state index in [1.54, 1.807) is 24.3 Å². The zero-order valence-corrected chi connectivity index (χ0v) is 17.4. The molecular formula is C25H24N4O3. The molecule has 0 radical (unpaired) electrons. The molecule has 0 fully saturated rings. The third-order valence-electron chi connectivity index (χ3n) is 5.55. The Labute approximate surface area is 185 Å². The van der Waals surface area contributed by atoms with Crippen molar-refractivity contribution in [3.05, 3.63) is 94.5 Å². The molecule has 0 bridgehead atoms. The topological polar surface area (TPSA) is 131 Å². The van der Waals surface area contributed by atoms with Gasteiger partial charge in [0.25, 0.3) is 5.91 Å². The Bertz CT molecular complexity index is 1200. The molecule has 7 nitrogen and oxygen atoms in total. The highest BCUT2D eigenvalue weighted by Gasteiger charge is 2.20. The fourth-order valence-corrected chi connectivity index (χ4v) is 3.93. The summed E-state index contributed by atoms with van der Waals surface area (Å²) in [6.45, 7) is 0.357. The molecule has 0 spiro atoms. The van der Waals surface area contributed by atoms with Crippen LogP contribution in [-0.2, 0) is 24.2 Å². The summed E-state index contributed by atoms with van der Waals surface area (Å²) in [4.78, 5) is 27.7. The van der Waals surface area contributed by atoms with E-state index in [0.717, 1.165) is 17.5 Å². The van der Waals surface area contributed by atoms with Gasteiger partial charge in [0.1, 0.15) is 6.04 Å². The van der Waals surface area contributed by atoms with Crippen LogP contribution in [0, 0.1) is 0 Å². The molecule has 4 rings (SSSR count). The monoisotopic (exact) mass is 428 g/mol. The maximum atomic E-state index is 12.5. The molecule has 1 amide bonds. The number of hydrogen-bond donors (Lipinski definition) is 4. The van der Waals surface area contributed by atoms with Crippen molar-refractivity contribution in [2.24, 2.45) is 16.5 Å². The van der Waals surface area contributed by atoms with E-state index in [2.05, 4.69) is 28.5 Å². The van der Waals surface area contributed by atoms with Gasteiger partial charge in [0.2, 0.25) is 0 Å². The molecule has 3 aromatic rings. The van der Waals surface area contributed by atoms with E-state index in [9.17, 15) is 9.59 Å². The number of nitrogens with two attached hydrogens (primary N) is 2. The van der Waals surface area contributed by atoms with Crippen LogP contribution in [0.1, 0.15) is 32.6 Å². The standard InChI is InChI=1S/C25H24N4O3/c26-21(24(31)32)12-15-8-10-16(11-9-15)23(30)29-25(27)28-14-19-6-3-5-18-13-17-4-1-2-7-20(17)22(18)19/h1-11,21H,12-14,26H2,(H,31,32)(H3,27,28,29,30)/t21-/m0/s1. The molecule has 1 atom stereocenters. The third-order valence-corrected chi connectivity index (χ3v) is 5.55. The van der Waals surface area contributed by atoms with E-state index in [0.29, 0.717) is 12.1 Å². The van der Waals surface area contributed by atoms with E-state index in [-0.39, 0.29) is 18.3 Å². The number of aliphatic carboxylic acids is 1. The number of nitrogens with one attached hydrogen (secondary N) is 1. The predicted molar refractivity (Wildman–Crippen MR) is 123 cm³/mol. The van der Waals surface area contributed by atoms with Crippen LogP contribution >= 0.6 is 0 Å². The molecule has 0 saturated carbocycles. The highest BCUT2D eigenvalue weighted by molar-refractivity contribution is 6.05. The number of amides is 1. The van der Waals surface area contributed by atoms with Gasteiger partial charge in [0.05, 0.1) is 6.54 Å². The first-order valence-electron chi connectivity index (χ1n) is 10.3. The van der Waals surface area contributed by atoms with Gasteiger partial charge in [0, 0.05) is 5.56 Å². The lowest BCUT2D eigenvalue weighted by atomic mass is 10.00. The number of rotatable bonds is 6. The van der Waals surface area contributed by atoms with Gasteiger partial charge in [-0.25, -0.2) is 4.99 Å². The highest BCUT2D eigenvalue weighted by atomic mass is 16.4. The van der Waals surface area contributed by atoms with E-state index in [4.69, 9.17) is 16.6 Å². The second-order valence-electron chi connectivity index (χ2n) is 7.79. The number of aliphatic imine (C=N–C) groups is 1. The van der Waals surface area contributed by atoms with Gasteiger partial charge in [0.15, 0.2) is 5.96 Å². The number of benzene rings is 3. The molecule has 0 aromatic heterocycles. The van der Waals surface area contributed by atoms with E-state index >= 15 is 0 Å². The zero-order valence-electron chi connectivity index (χ0n) is 17.4. The molecule has 6 N–H and O–H groups in total. The summed E-state index contributed by atoms with van der Waals surface area (Å²) in [7, 11) is 0. The van der Waals surface area contributed by atoms with Gasteiger partial charge in [-0.1, -0.05) is 54.6 Å². The molecule has 0 unspecified atom stereocenters. The average molecular weight is 428 g/mol. The maximum Gasteiger partial charge on any atom is 0.320 e. The van der Waals surface area contributed by atoms with Crippen LogP contribution in [0.4, 0.5) is 0 Å². The first-order valence-corrected chi connectivity index (χ1v) is 10.3. The molecule has 0 heterocycles. The van der Waals surface area contributed by atoms with Gasteiger partial charge in [-0.2, -0.15) is 0 Å². The molecule has 1 aliphatic carbocycles. The number of fused-ring (bicyclic) bond motifs is 3. The molecule has 0 aliphatic heterocycles. The average Bonchev–Trinajstić information content (AvgIpc) is 3.17. The summed E-state index contributed by atoms with van der Waals surface area (Å²) in [5.41, 5.74) is 18.7. The minimum absolute atomic E-state index is 0.0378. The maximum absolute atomic E-state index is 12.5. The number of nitrogens with zero attached hydrogens (tertiary/aromatic N) is 1. The number of carboxylic acids is 1. The Morgan fingerprint density at radius 2 is 1.72 bits per heavy atom. The zero-order chi connectivity index (χ0) is 22.7. The number of carboxylic acid groups (broad SMARTS) is 1. The van der Waals surface area contributed by atoms with Crippen LogP contribution in [-0.4, -0.2) is 29.0 Å². The largest absolute Gasteiger partial charge is 0.480 e. The summed E-state index contributed by atoms with van der Waals surface area (Å²) < 4.78 is 0. The minimum atomic E-state index is -1.07. The number of hydrogen-bond acceptors (Lipinski definition) is 4. The molecule has 7 heteroatoms. The van der Waals surface area contributed by atoms with E-state index in [1.807, 2.05) is 24.3 Å². The fourth-order valence-electron chi connectivity index (χ4n) is 3.93. The number of carbonyl (C=O) groups excluding carboxylic acids is 1. The fraction of sp³-hybridized carbons (Fsp3) is 0.160. The summed E-state index contributed by atoms with van der Waals surface area (Å²) >= 11 is 0. The Balaban J connectivity index is 1.42. The Morgan fingerprint density at radius 3 is 2.47 bits per heavy atom. The summed E-state index contributed by atoms with van der Waals surface area (Å²) in [5.74, 6) is -1.41. The normalized spacial score (nSPS) is 13.2. The molecular weight excluding hydrogens is 404 g/mol. The lowest BCUT2D eigenvalue weighted by Gasteiger charge is -2.09. The predicted octanol–water partition coefficient (Wildman–Crippen LogP) is 2.46. The molecule has 0 saturated heterocycles. The van der Waals surface area contributed by atoms with Crippen LogP contribution < -0.4 is 16.8 Å². The van der Waals surface area contributed by atoms with Crippen molar-refractivity contribution in [2.75, 3.05) is 0 Å². The molecule has 32 heavy (non-hydrogen) atoms. The van der Waals surface area contributed by atoms with Crippen molar-refractivity contribution in [3.63, 3.8) is 0 Å². The van der Waals surface area contributed by atoms with Crippen molar-refractivity contribution in [3.8, 4) is 11.1 Å². The summed E-state index contributed by atoms with van der Waals surface area (Å²) in [6, 6.07) is 20.1. The SMILES string of the molecule is NC(=NCc1cccc2c1-c1ccccc1C2)NC(=O)c1ccc(C[C@H](N)C(=O)O)cc1. The number of guanidine groups is 1. The summed E-state index contributed by atoms with van der Waals surface area (Å²) in [5, 5.41) is 11.5. The Hall–Kier alpha value is -3.97. The molecule has 3 aromatic carbocycles. The third kappa shape index (κ3) is 4.53. The van der Waals surface area contributed by atoms with E-state index in [1.165, 1.54) is 22.3 Å². The van der Waals surface area contributed by atoms with Gasteiger partial charge < -0.3 is 16.6 Å². The Morgan fingerprint density at radius 1 is 1.00 bits per heavy atom. The van der Waals surface area contributed by atoms with Crippen LogP contribution in [0.3, 0.4) is 0 Å². The van der Waals surface area contributed by atoms with Crippen LogP contribution in [0.2, 0.25) is 0 Å².